The van der Waals surface area contributed by atoms with E-state index in [1.807, 2.05) is 24.0 Å². The third-order valence-electron chi connectivity index (χ3n) is 5.65. The number of nitrogens with zero attached hydrogens (tertiary/aromatic N) is 2. The molecule has 4 nitrogen and oxygen atoms in total. The monoisotopic (exact) mass is 352 g/mol. The highest BCUT2D eigenvalue weighted by Gasteiger charge is 2.34. The van der Waals surface area contributed by atoms with Crippen LogP contribution in [0.15, 0.2) is 46.9 Å². The van der Waals surface area contributed by atoms with Crippen molar-refractivity contribution in [3.05, 3.63) is 59.5 Å². The fraction of sp³-hybridized carbons (Fsp3) is 0.500. The molecule has 26 heavy (non-hydrogen) atoms. The number of benzene rings is 1. The second-order valence-corrected chi connectivity index (χ2v) is 7.73. The van der Waals surface area contributed by atoms with Gasteiger partial charge in [0.25, 0.3) is 0 Å². The van der Waals surface area contributed by atoms with Crippen LogP contribution in [0.1, 0.15) is 48.7 Å². The van der Waals surface area contributed by atoms with E-state index in [1.165, 1.54) is 5.56 Å². The zero-order valence-electron chi connectivity index (χ0n) is 15.6. The van der Waals surface area contributed by atoms with Gasteiger partial charge in [-0.2, -0.15) is 0 Å². The Balaban J connectivity index is 1.31. The predicted molar refractivity (Wildman–Crippen MR) is 102 cm³/mol. The first-order chi connectivity index (χ1) is 12.7. The van der Waals surface area contributed by atoms with Crippen LogP contribution in [0.25, 0.3) is 0 Å². The summed E-state index contributed by atoms with van der Waals surface area (Å²) in [5.74, 6) is 2.68. The van der Waals surface area contributed by atoms with E-state index in [0.717, 1.165) is 50.3 Å². The number of piperidine rings is 1. The van der Waals surface area contributed by atoms with Crippen molar-refractivity contribution >= 4 is 5.91 Å². The van der Waals surface area contributed by atoms with Crippen molar-refractivity contribution in [2.75, 3.05) is 19.6 Å². The van der Waals surface area contributed by atoms with Gasteiger partial charge in [-0.05, 0) is 69.3 Å². The Labute approximate surface area is 155 Å². The van der Waals surface area contributed by atoms with Crippen molar-refractivity contribution in [1.29, 1.82) is 0 Å². The SMILES string of the molecule is Cc1ccc(CN(C(=O)CN2CCC(c3ccccc3)CC2)C2CC2)o1. The van der Waals surface area contributed by atoms with Gasteiger partial charge >= 0.3 is 0 Å². The summed E-state index contributed by atoms with van der Waals surface area (Å²) < 4.78 is 5.69. The molecule has 138 valence electrons. The van der Waals surface area contributed by atoms with E-state index in [0.29, 0.717) is 25.0 Å². The second-order valence-electron chi connectivity index (χ2n) is 7.73. The Hall–Kier alpha value is -2.07. The molecule has 1 saturated carbocycles. The third kappa shape index (κ3) is 4.18. The topological polar surface area (TPSA) is 36.7 Å². The van der Waals surface area contributed by atoms with Gasteiger partial charge in [0.05, 0.1) is 13.1 Å². The van der Waals surface area contributed by atoms with Crippen molar-refractivity contribution in [1.82, 2.24) is 9.80 Å². The number of amides is 1. The van der Waals surface area contributed by atoms with Crippen LogP contribution >= 0.6 is 0 Å². The van der Waals surface area contributed by atoms with Crippen molar-refractivity contribution in [2.45, 2.75) is 51.1 Å². The van der Waals surface area contributed by atoms with E-state index < -0.39 is 0 Å². The average Bonchev–Trinajstić information content (AvgIpc) is 3.42. The summed E-state index contributed by atoms with van der Waals surface area (Å²) in [6.45, 7) is 5.10. The van der Waals surface area contributed by atoms with Crippen LogP contribution in [-0.2, 0) is 11.3 Å². The van der Waals surface area contributed by atoms with Gasteiger partial charge in [0, 0.05) is 6.04 Å². The van der Waals surface area contributed by atoms with E-state index >= 15 is 0 Å². The highest BCUT2D eigenvalue weighted by molar-refractivity contribution is 5.79. The minimum Gasteiger partial charge on any atom is -0.464 e. The van der Waals surface area contributed by atoms with Gasteiger partial charge in [-0.3, -0.25) is 9.69 Å². The molecule has 1 saturated heterocycles. The standard InChI is InChI=1S/C22H28N2O2/c1-17-7-10-21(26-17)15-24(20-8-9-20)22(25)16-23-13-11-19(12-14-23)18-5-3-2-4-6-18/h2-7,10,19-20H,8-9,11-16H2,1H3. The van der Waals surface area contributed by atoms with E-state index in [4.69, 9.17) is 4.42 Å². The minimum atomic E-state index is 0.250. The summed E-state index contributed by atoms with van der Waals surface area (Å²) in [5.41, 5.74) is 1.44. The van der Waals surface area contributed by atoms with Gasteiger partial charge < -0.3 is 9.32 Å². The highest BCUT2D eigenvalue weighted by Crippen LogP contribution is 2.30. The number of carbonyl (C=O) groups excluding carboxylic acids is 1. The zero-order chi connectivity index (χ0) is 17.9. The molecule has 4 heteroatoms. The molecule has 0 atom stereocenters. The van der Waals surface area contributed by atoms with E-state index in [9.17, 15) is 4.79 Å². The number of hydrogen-bond donors (Lipinski definition) is 0. The Kier molecular flexibility index (Phi) is 5.11. The molecular weight excluding hydrogens is 324 g/mol. The molecule has 2 heterocycles. The molecule has 1 aromatic heterocycles. The Bertz CT molecular complexity index is 728. The number of likely N-dealkylation sites (tertiary alicyclic amines) is 1. The number of rotatable bonds is 6. The van der Waals surface area contributed by atoms with Gasteiger partial charge in [0.1, 0.15) is 11.5 Å². The summed E-state index contributed by atoms with van der Waals surface area (Å²) >= 11 is 0. The summed E-state index contributed by atoms with van der Waals surface area (Å²) in [7, 11) is 0. The number of hydrogen-bond acceptors (Lipinski definition) is 3. The van der Waals surface area contributed by atoms with Crippen molar-refractivity contribution in [3.63, 3.8) is 0 Å². The Morgan fingerprint density at radius 3 is 2.42 bits per heavy atom. The van der Waals surface area contributed by atoms with Gasteiger partial charge in [-0.15, -0.1) is 0 Å². The molecule has 0 N–H and O–H groups in total. The van der Waals surface area contributed by atoms with Crippen LogP contribution in [0.3, 0.4) is 0 Å². The molecule has 1 aliphatic carbocycles. The largest absolute Gasteiger partial charge is 0.464 e. The minimum absolute atomic E-state index is 0.250. The Morgan fingerprint density at radius 1 is 1.08 bits per heavy atom. The van der Waals surface area contributed by atoms with Gasteiger partial charge in [-0.1, -0.05) is 30.3 Å². The van der Waals surface area contributed by atoms with E-state index in [1.54, 1.807) is 0 Å². The third-order valence-corrected chi connectivity index (χ3v) is 5.65. The maximum Gasteiger partial charge on any atom is 0.237 e. The smallest absolute Gasteiger partial charge is 0.237 e. The molecule has 1 aliphatic heterocycles. The van der Waals surface area contributed by atoms with Crippen molar-refractivity contribution in [2.24, 2.45) is 0 Å². The fourth-order valence-corrected chi connectivity index (χ4v) is 3.98. The normalized spacial score (nSPS) is 18.8. The first-order valence-electron chi connectivity index (χ1n) is 9.81. The summed E-state index contributed by atoms with van der Waals surface area (Å²) in [6, 6.07) is 15.1. The van der Waals surface area contributed by atoms with Crippen molar-refractivity contribution in [3.8, 4) is 0 Å². The molecule has 4 rings (SSSR count). The van der Waals surface area contributed by atoms with Gasteiger partial charge in [0.2, 0.25) is 5.91 Å². The number of aryl methyl sites for hydroxylation is 1. The summed E-state index contributed by atoms with van der Waals surface area (Å²) in [4.78, 5) is 17.3. The van der Waals surface area contributed by atoms with Crippen LogP contribution in [0, 0.1) is 6.92 Å². The summed E-state index contributed by atoms with van der Waals surface area (Å²) in [5, 5.41) is 0. The average molecular weight is 352 g/mol. The molecule has 0 radical (unpaired) electrons. The number of carbonyl (C=O) groups is 1. The van der Waals surface area contributed by atoms with Crippen LogP contribution < -0.4 is 0 Å². The van der Waals surface area contributed by atoms with Crippen LogP contribution in [-0.4, -0.2) is 41.4 Å². The quantitative estimate of drug-likeness (QED) is 0.790. The second kappa shape index (κ2) is 7.67. The van der Waals surface area contributed by atoms with Crippen LogP contribution in [0.2, 0.25) is 0 Å². The van der Waals surface area contributed by atoms with Crippen LogP contribution in [0.4, 0.5) is 0 Å². The van der Waals surface area contributed by atoms with E-state index in [-0.39, 0.29) is 5.91 Å². The molecule has 2 aromatic rings. The van der Waals surface area contributed by atoms with E-state index in [2.05, 4.69) is 35.2 Å². The number of furan rings is 1. The first-order valence-corrected chi connectivity index (χ1v) is 9.81. The maximum absolute atomic E-state index is 12.9. The highest BCUT2D eigenvalue weighted by atomic mass is 16.3. The van der Waals surface area contributed by atoms with Gasteiger partial charge in [-0.25, -0.2) is 0 Å². The molecule has 0 bridgehead atoms. The lowest BCUT2D eigenvalue weighted by Gasteiger charge is -2.33. The molecule has 0 unspecified atom stereocenters. The molecule has 2 fully saturated rings. The lowest BCUT2D eigenvalue weighted by atomic mass is 9.89. The molecule has 1 aromatic carbocycles. The lowest BCUT2D eigenvalue weighted by Crippen LogP contribution is -2.43. The van der Waals surface area contributed by atoms with Crippen LogP contribution in [0.5, 0.6) is 0 Å². The molecule has 2 aliphatic rings. The first kappa shape index (κ1) is 17.3. The predicted octanol–water partition coefficient (Wildman–Crippen LogP) is 3.96. The molecule has 0 spiro atoms. The fourth-order valence-electron chi connectivity index (χ4n) is 3.98. The maximum atomic E-state index is 12.9. The molecular formula is C22H28N2O2. The van der Waals surface area contributed by atoms with Crippen molar-refractivity contribution < 1.29 is 9.21 Å². The summed E-state index contributed by atoms with van der Waals surface area (Å²) in [6.07, 6.45) is 4.53. The lowest BCUT2D eigenvalue weighted by molar-refractivity contribution is -0.134. The molecule has 1 amide bonds. The zero-order valence-corrected chi connectivity index (χ0v) is 15.6. The Morgan fingerprint density at radius 2 is 1.81 bits per heavy atom. The van der Waals surface area contributed by atoms with Gasteiger partial charge in [0.15, 0.2) is 0 Å².